The van der Waals surface area contributed by atoms with E-state index >= 15 is 0 Å². The van der Waals surface area contributed by atoms with E-state index in [0.717, 1.165) is 11.8 Å². The number of amides is 1. The predicted molar refractivity (Wildman–Crippen MR) is 110 cm³/mol. The van der Waals surface area contributed by atoms with Gasteiger partial charge in [0.15, 0.2) is 32.9 Å². The third kappa shape index (κ3) is 4.83. The maximum Gasteiger partial charge on any atom is 0.291 e. The number of thioether (sulfide) groups is 1. The molecule has 0 fully saturated rings. The molecule has 11 heteroatoms. The molecule has 4 N–H and O–H groups in total. The molecule has 2 aromatic heterocycles. The second-order valence-corrected chi connectivity index (χ2v) is 7.59. The van der Waals surface area contributed by atoms with Gasteiger partial charge in [-0.15, -0.1) is 0 Å². The van der Waals surface area contributed by atoms with Gasteiger partial charge in [0, 0.05) is 10.6 Å². The summed E-state index contributed by atoms with van der Waals surface area (Å²) in [4.78, 5) is 43.0. The summed E-state index contributed by atoms with van der Waals surface area (Å²) < 4.78 is 5.49. The fourth-order valence-corrected chi connectivity index (χ4v) is 3.32. The third-order valence-electron chi connectivity index (χ3n) is 3.47. The van der Waals surface area contributed by atoms with Gasteiger partial charge in [0.2, 0.25) is 0 Å². The van der Waals surface area contributed by atoms with Crippen LogP contribution < -0.4 is 16.6 Å². The second kappa shape index (κ2) is 8.63. The lowest BCUT2D eigenvalue weighted by Gasteiger charge is -2.07. The van der Waals surface area contributed by atoms with Crippen molar-refractivity contribution in [3.8, 4) is 0 Å². The summed E-state index contributed by atoms with van der Waals surface area (Å²) in [5.74, 6) is -0.954. The zero-order valence-corrected chi connectivity index (χ0v) is 17.2. The Morgan fingerprint density at radius 3 is 2.57 bits per heavy atom. The van der Waals surface area contributed by atoms with E-state index in [1.54, 1.807) is 24.3 Å². The Bertz CT molecular complexity index is 1100. The number of benzene rings is 1. The fourth-order valence-electron chi connectivity index (χ4n) is 2.12. The van der Waals surface area contributed by atoms with Crippen LogP contribution in [0.15, 0.2) is 55.4 Å². The van der Waals surface area contributed by atoms with Gasteiger partial charge in [0.1, 0.15) is 0 Å². The number of nitrogens with one attached hydrogen (secondary N) is 2. The fraction of sp³-hybridized carbons (Fsp3) is 0.0588. The normalized spacial score (nSPS) is 10.6. The van der Waals surface area contributed by atoms with Gasteiger partial charge in [-0.25, -0.2) is 4.98 Å². The summed E-state index contributed by atoms with van der Waals surface area (Å²) in [6, 6.07) is 9.43. The molecule has 0 unspecified atom stereocenters. The molecule has 2 heterocycles. The first kappa shape index (κ1) is 20.2. The van der Waals surface area contributed by atoms with Crippen LogP contribution in [0.1, 0.15) is 20.9 Å². The van der Waals surface area contributed by atoms with Crippen molar-refractivity contribution < 1.29 is 14.0 Å². The number of nitrogens with two attached hydrogens (primary N) is 1. The number of carbonyl (C=O) groups excluding carboxylic acids is 2. The average Bonchev–Trinajstić information content (AvgIpc) is 3.09. The number of anilines is 2. The maximum atomic E-state index is 12.2. The van der Waals surface area contributed by atoms with Gasteiger partial charge in [-0.2, -0.15) is 0 Å². The number of aromatic nitrogens is 2. The van der Waals surface area contributed by atoms with Crippen LogP contribution in [0.3, 0.4) is 0 Å². The zero-order chi connectivity index (χ0) is 20.3. The Hall–Kier alpha value is -2.56. The first-order valence-electron chi connectivity index (χ1n) is 7.71. The highest BCUT2D eigenvalue weighted by Crippen LogP contribution is 2.20. The van der Waals surface area contributed by atoms with Crippen LogP contribution in [0.25, 0.3) is 0 Å². The zero-order valence-electron chi connectivity index (χ0n) is 14.0. The number of rotatable bonds is 6. The van der Waals surface area contributed by atoms with Gasteiger partial charge in [0.25, 0.3) is 11.5 Å². The van der Waals surface area contributed by atoms with E-state index in [1.165, 1.54) is 12.1 Å². The predicted octanol–water partition coefficient (Wildman–Crippen LogP) is 3.59. The number of halogens is 2. The van der Waals surface area contributed by atoms with Crippen molar-refractivity contribution in [3.05, 3.63) is 67.8 Å². The number of nitrogen functional groups attached to an aromatic ring is 1. The molecule has 0 radical (unpaired) electrons. The van der Waals surface area contributed by atoms with Crippen LogP contribution in [0, 0.1) is 0 Å². The molecule has 3 aromatic rings. The van der Waals surface area contributed by atoms with Crippen molar-refractivity contribution >= 4 is 62.5 Å². The SMILES string of the molecule is Nc1nc(SCC(=O)c2ccc(Cl)cc2)[nH]c(=O)c1NC(=O)c1ccc(Br)o1. The number of aromatic amines is 1. The summed E-state index contributed by atoms with van der Waals surface area (Å²) in [5.41, 5.74) is 5.43. The maximum absolute atomic E-state index is 12.2. The number of hydrogen-bond acceptors (Lipinski definition) is 7. The first-order valence-corrected chi connectivity index (χ1v) is 9.87. The molecule has 1 amide bonds. The monoisotopic (exact) mass is 482 g/mol. The van der Waals surface area contributed by atoms with E-state index in [-0.39, 0.29) is 34.0 Å². The molecule has 8 nitrogen and oxygen atoms in total. The number of nitrogens with zero attached hydrogens (tertiary/aromatic N) is 1. The Kier molecular flexibility index (Phi) is 6.22. The molecule has 0 atom stereocenters. The van der Waals surface area contributed by atoms with Crippen molar-refractivity contribution in [1.82, 2.24) is 9.97 Å². The van der Waals surface area contributed by atoms with Crippen molar-refractivity contribution in [2.75, 3.05) is 16.8 Å². The number of furan rings is 1. The lowest BCUT2D eigenvalue weighted by atomic mass is 10.1. The van der Waals surface area contributed by atoms with Crippen LogP contribution in [0.2, 0.25) is 5.02 Å². The minimum atomic E-state index is -0.650. The van der Waals surface area contributed by atoms with Gasteiger partial charge in [-0.3, -0.25) is 19.4 Å². The van der Waals surface area contributed by atoms with Crippen LogP contribution in [0.4, 0.5) is 11.5 Å². The van der Waals surface area contributed by atoms with E-state index in [1.807, 2.05) is 0 Å². The van der Waals surface area contributed by atoms with E-state index in [2.05, 4.69) is 31.2 Å². The minimum absolute atomic E-state index is 0.00214. The van der Waals surface area contributed by atoms with E-state index in [0.29, 0.717) is 15.3 Å². The summed E-state index contributed by atoms with van der Waals surface area (Å²) >= 11 is 9.90. The smallest absolute Gasteiger partial charge is 0.291 e. The largest absolute Gasteiger partial charge is 0.444 e. The molecule has 0 aliphatic carbocycles. The van der Waals surface area contributed by atoms with Crippen molar-refractivity contribution in [2.45, 2.75) is 5.16 Å². The summed E-state index contributed by atoms with van der Waals surface area (Å²) in [6.07, 6.45) is 0. The number of Topliss-reactive ketones (excluding diaryl/α,β-unsaturated/α-hetero) is 1. The number of carbonyl (C=O) groups is 2. The Morgan fingerprint density at radius 1 is 1.25 bits per heavy atom. The molecule has 1 aromatic carbocycles. The molecule has 28 heavy (non-hydrogen) atoms. The summed E-state index contributed by atoms with van der Waals surface area (Å²) in [6.45, 7) is 0. The molecule has 3 rings (SSSR count). The highest BCUT2D eigenvalue weighted by Gasteiger charge is 2.17. The van der Waals surface area contributed by atoms with Crippen LogP contribution in [-0.2, 0) is 0 Å². The molecule has 0 saturated heterocycles. The van der Waals surface area contributed by atoms with Crippen LogP contribution >= 0.6 is 39.3 Å². The number of hydrogen-bond donors (Lipinski definition) is 3. The molecule has 144 valence electrons. The van der Waals surface area contributed by atoms with Gasteiger partial charge in [-0.05, 0) is 52.3 Å². The van der Waals surface area contributed by atoms with Crippen molar-refractivity contribution in [2.24, 2.45) is 0 Å². The van der Waals surface area contributed by atoms with E-state index in [9.17, 15) is 14.4 Å². The molecule has 0 bridgehead atoms. The lowest BCUT2D eigenvalue weighted by molar-refractivity contribution is 0.0993. The second-order valence-electron chi connectivity index (χ2n) is 5.41. The van der Waals surface area contributed by atoms with Gasteiger partial charge in [-0.1, -0.05) is 23.4 Å². The van der Waals surface area contributed by atoms with Crippen LogP contribution in [0.5, 0.6) is 0 Å². The molecular weight excluding hydrogens is 472 g/mol. The molecule has 0 spiro atoms. The van der Waals surface area contributed by atoms with E-state index < -0.39 is 11.5 Å². The minimum Gasteiger partial charge on any atom is -0.444 e. The van der Waals surface area contributed by atoms with Crippen molar-refractivity contribution in [1.29, 1.82) is 0 Å². The number of H-pyrrole nitrogens is 1. The molecule has 0 saturated carbocycles. The summed E-state index contributed by atoms with van der Waals surface area (Å²) in [7, 11) is 0. The van der Waals surface area contributed by atoms with Gasteiger partial charge < -0.3 is 15.5 Å². The molecule has 0 aliphatic rings. The standard InChI is InChI=1S/C17H12BrClN4O4S/c18-12-6-5-11(27-12)15(25)21-13-14(20)22-17(23-16(13)26)28-7-10(24)8-1-3-9(19)4-2-8/h1-6H,7H2,(H,21,25)(H3,20,22,23,26). The summed E-state index contributed by atoms with van der Waals surface area (Å²) in [5, 5.41) is 3.04. The Balaban J connectivity index is 1.69. The topological polar surface area (TPSA) is 131 Å². The quantitative estimate of drug-likeness (QED) is 0.277. The lowest BCUT2D eigenvalue weighted by Crippen LogP contribution is -2.23. The Morgan fingerprint density at radius 2 is 1.96 bits per heavy atom. The first-order chi connectivity index (χ1) is 13.3. The Labute approximate surface area is 176 Å². The molecule has 0 aliphatic heterocycles. The van der Waals surface area contributed by atoms with Gasteiger partial charge in [0.05, 0.1) is 5.75 Å². The van der Waals surface area contributed by atoms with Crippen molar-refractivity contribution in [3.63, 3.8) is 0 Å². The molecular formula is C17H12BrClN4O4S. The highest BCUT2D eigenvalue weighted by molar-refractivity contribution is 9.10. The van der Waals surface area contributed by atoms with Gasteiger partial charge >= 0.3 is 0 Å². The van der Waals surface area contributed by atoms with Crippen LogP contribution in [-0.4, -0.2) is 27.4 Å². The number of ketones is 1. The van der Waals surface area contributed by atoms with E-state index in [4.69, 9.17) is 21.8 Å². The average molecular weight is 484 g/mol. The third-order valence-corrected chi connectivity index (χ3v) is 5.02. The highest BCUT2D eigenvalue weighted by atomic mass is 79.9.